The van der Waals surface area contributed by atoms with Crippen LogP contribution in [-0.4, -0.2) is 43.5 Å². The van der Waals surface area contributed by atoms with Gasteiger partial charge in [0.25, 0.3) is 10.1 Å². The van der Waals surface area contributed by atoms with Crippen LogP contribution in [0, 0.1) is 6.92 Å². The molecule has 0 unspecified atom stereocenters. The number of hydrogen-bond donors (Lipinski definition) is 0. The molecule has 9 heteroatoms. The number of carbonyl (C=O) groups is 2. The minimum absolute atomic E-state index is 0.0655. The van der Waals surface area contributed by atoms with Crippen molar-refractivity contribution < 1.29 is 26.9 Å². The summed E-state index contributed by atoms with van der Waals surface area (Å²) in [4.78, 5) is 31.2. The van der Waals surface area contributed by atoms with Crippen molar-refractivity contribution in [2.75, 3.05) is 19.0 Å². The van der Waals surface area contributed by atoms with Crippen LogP contribution in [0.25, 0.3) is 11.3 Å². The molecule has 0 spiro atoms. The summed E-state index contributed by atoms with van der Waals surface area (Å²) >= 11 is 0.942. The number of esters is 1. The highest BCUT2D eigenvalue weighted by atomic mass is 32.2. The van der Waals surface area contributed by atoms with Crippen LogP contribution < -0.4 is 0 Å². The van der Waals surface area contributed by atoms with Crippen molar-refractivity contribution in [3.8, 4) is 11.3 Å². The van der Waals surface area contributed by atoms with Gasteiger partial charge in [-0.05, 0) is 44.4 Å². The summed E-state index contributed by atoms with van der Waals surface area (Å²) in [5.41, 5.74) is 4.00. The molecule has 0 saturated carbocycles. The SMILES string of the molecule is CCOC(=O)c1c(-c2ccccc2)nc(CC)c(C(=O)SCCOS(=O)(=O)c2ccc(C)cc2)c1CC. The van der Waals surface area contributed by atoms with Gasteiger partial charge in [-0.1, -0.05) is 73.6 Å². The van der Waals surface area contributed by atoms with E-state index in [-0.39, 0.29) is 34.5 Å². The number of carbonyl (C=O) groups excluding carboxylic acids is 2. The van der Waals surface area contributed by atoms with Gasteiger partial charge in [0, 0.05) is 11.3 Å². The fourth-order valence-electron chi connectivity index (χ4n) is 3.89. The summed E-state index contributed by atoms with van der Waals surface area (Å²) in [6, 6.07) is 15.7. The lowest BCUT2D eigenvalue weighted by Gasteiger charge is -2.19. The zero-order valence-corrected chi connectivity index (χ0v) is 23.1. The monoisotopic (exact) mass is 541 g/mol. The van der Waals surface area contributed by atoms with Gasteiger partial charge in [0.15, 0.2) is 0 Å². The largest absolute Gasteiger partial charge is 0.462 e. The van der Waals surface area contributed by atoms with Crippen LogP contribution in [0.15, 0.2) is 59.5 Å². The zero-order valence-electron chi connectivity index (χ0n) is 21.4. The number of ether oxygens (including phenoxy) is 1. The molecule has 3 aromatic rings. The van der Waals surface area contributed by atoms with Gasteiger partial charge < -0.3 is 4.74 Å². The standard InChI is InChI=1S/C28H31NO6S2/c1-5-22-24(28(31)36-18-17-35-37(32,33)21-15-13-19(4)14-16-21)23(6-2)29-26(20-11-9-8-10-12-20)25(22)27(30)34-7-3/h8-16H,5-7,17-18H2,1-4H3. The zero-order chi connectivity index (χ0) is 27.0. The van der Waals surface area contributed by atoms with Crippen molar-refractivity contribution in [1.29, 1.82) is 0 Å². The maximum Gasteiger partial charge on any atom is 0.340 e. The molecule has 0 amide bonds. The molecule has 0 aliphatic rings. The van der Waals surface area contributed by atoms with E-state index in [2.05, 4.69) is 0 Å². The van der Waals surface area contributed by atoms with Gasteiger partial charge in [0.2, 0.25) is 5.12 Å². The summed E-state index contributed by atoms with van der Waals surface area (Å²) in [5, 5.41) is -0.289. The molecular weight excluding hydrogens is 510 g/mol. The second-order valence-electron chi connectivity index (χ2n) is 8.15. The second-order valence-corrected chi connectivity index (χ2v) is 10.8. The smallest absolute Gasteiger partial charge is 0.340 e. The van der Waals surface area contributed by atoms with Gasteiger partial charge in [0.05, 0.1) is 40.6 Å². The number of nitrogens with zero attached hydrogens (tertiary/aromatic N) is 1. The van der Waals surface area contributed by atoms with Crippen LogP contribution in [0.1, 0.15) is 58.3 Å². The van der Waals surface area contributed by atoms with Gasteiger partial charge in [-0.3, -0.25) is 14.0 Å². The summed E-state index contributed by atoms with van der Waals surface area (Å²) in [7, 11) is -3.92. The molecule has 7 nitrogen and oxygen atoms in total. The number of aryl methyl sites for hydroxylation is 2. The molecule has 3 rings (SSSR count). The van der Waals surface area contributed by atoms with E-state index in [1.54, 1.807) is 19.1 Å². The summed E-state index contributed by atoms with van der Waals surface area (Å²) in [6.45, 7) is 7.39. The Morgan fingerprint density at radius 2 is 1.59 bits per heavy atom. The lowest BCUT2D eigenvalue weighted by molar-refractivity contribution is 0.0525. The predicted octanol–water partition coefficient (Wildman–Crippen LogP) is 5.64. The quantitative estimate of drug-likeness (QED) is 0.175. The molecular formula is C28H31NO6S2. The minimum atomic E-state index is -3.92. The van der Waals surface area contributed by atoms with Crippen molar-refractivity contribution in [1.82, 2.24) is 4.98 Å². The van der Waals surface area contributed by atoms with Crippen molar-refractivity contribution in [2.24, 2.45) is 0 Å². The van der Waals surface area contributed by atoms with Crippen LogP contribution in [0.3, 0.4) is 0 Å². The minimum Gasteiger partial charge on any atom is -0.462 e. The summed E-state index contributed by atoms with van der Waals surface area (Å²) in [6.07, 6.45) is 0.902. The molecule has 0 aliphatic carbocycles. The number of rotatable bonds is 11. The van der Waals surface area contributed by atoms with Crippen molar-refractivity contribution >= 4 is 33.0 Å². The van der Waals surface area contributed by atoms with E-state index in [1.807, 2.05) is 51.1 Å². The van der Waals surface area contributed by atoms with E-state index in [1.165, 1.54) is 12.1 Å². The third-order valence-corrected chi connectivity index (χ3v) is 7.82. The predicted molar refractivity (Wildman–Crippen MR) is 145 cm³/mol. The van der Waals surface area contributed by atoms with Crippen LogP contribution in [0.2, 0.25) is 0 Å². The number of hydrogen-bond acceptors (Lipinski definition) is 8. The van der Waals surface area contributed by atoms with Crippen molar-refractivity contribution in [3.63, 3.8) is 0 Å². The van der Waals surface area contributed by atoms with Gasteiger partial charge in [0.1, 0.15) is 0 Å². The number of benzene rings is 2. The molecule has 0 atom stereocenters. The second kappa shape index (κ2) is 13.0. The Morgan fingerprint density at radius 1 is 0.919 bits per heavy atom. The van der Waals surface area contributed by atoms with Crippen LogP contribution >= 0.6 is 11.8 Å². The molecule has 0 bridgehead atoms. The summed E-state index contributed by atoms with van der Waals surface area (Å²) in [5.74, 6) is -0.411. The van der Waals surface area contributed by atoms with Gasteiger partial charge in [-0.15, -0.1) is 0 Å². The maximum atomic E-state index is 13.4. The first-order valence-electron chi connectivity index (χ1n) is 12.1. The molecule has 0 N–H and O–H groups in total. The highest BCUT2D eigenvalue weighted by Crippen LogP contribution is 2.32. The molecule has 2 aromatic carbocycles. The highest BCUT2D eigenvalue weighted by molar-refractivity contribution is 8.14. The van der Waals surface area contributed by atoms with Crippen molar-refractivity contribution in [2.45, 2.75) is 45.4 Å². The molecule has 0 saturated heterocycles. The van der Waals surface area contributed by atoms with E-state index in [0.717, 1.165) is 22.9 Å². The van der Waals surface area contributed by atoms with Gasteiger partial charge in [-0.2, -0.15) is 8.42 Å². The Bertz CT molecular complexity index is 1350. The Morgan fingerprint density at radius 3 is 2.19 bits per heavy atom. The van der Waals surface area contributed by atoms with E-state index in [9.17, 15) is 18.0 Å². The Kier molecular flexibility index (Phi) is 10.0. The topological polar surface area (TPSA) is 99.6 Å². The molecule has 0 radical (unpaired) electrons. The fraction of sp³-hybridized carbons (Fsp3) is 0.321. The molecule has 0 aliphatic heterocycles. The van der Waals surface area contributed by atoms with Crippen LogP contribution in [-0.2, 0) is 31.9 Å². The van der Waals surface area contributed by atoms with Gasteiger partial charge in [-0.25, -0.2) is 4.79 Å². The normalized spacial score (nSPS) is 11.4. The lowest BCUT2D eigenvalue weighted by atomic mass is 9.93. The van der Waals surface area contributed by atoms with Crippen LogP contribution in [0.4, 0.5) is 0 Å². The summed E-state index contributed by atoms with van der Waals surface area (Å²) < 4.78 is 35.3. The van der Waals surface area contributed by atoms with E-state index >= 15 is 0 Å². The molecule has 1 aromatic heterocycles. The Hall–Kier alpha value is -3.01. The molecule has 1 heterocycles. The number of thioether (sulfide) groups is 1. The third kappa shape index (κ3) is 6.85. The van der Waals surface area contributed by atoms with E-state index in [4.69, 9.17) is 13.9 Å². The molecule has 196 valence electrons. The number of aromatic nitrogens is 1. The molecule has 37 heavy (non-hydrogen) atoms. The first-order chi connectivity index (χ1) is 17.7. The first kappa shape index (κ1) is 28.6. The molecule has 0 fully saturated rings. The average molecular weight is 542 g/mol. The number of pyridine rings is 1. The Labute approximate surface area is 222 Å². The third-order valence-electron chi connectivity index (χ3n) is 5.66. The van der Waals surface area contributed by atoms with Crippen LogP contribution in [0.5, 0.6) is 0 Å². The first-order valence-corrected chi connectivity index (χ1v) is 14.5. The van der Waals surface area contributed by atoms with E-state index in [0.29, 0.717) is 35.4 Å². The van der Waals surface area contributed by atoms with Gasteiger partial charge >= 0.3 is 5.97 Å². The highest BCUT2D eigenvalue weighted by Gasteiger charge is 2.28. The van der Waals surface area contributed by atoms with E-state index < -0.39 is 16.1 Å². The maximum absolute atomic E-state index is 13.4. The fourth-order valence-corrected chi connectivity index (χ4v) is 5.64. The Balaban J connectivity index is 1.89. The lowest BCUT2D eigenvalue weighted by Crippen LogP contribution is -2.18. The van der Waals surface area contributed by atoms with Crippen molar-refractivity contribution in [3.05, 3.63) is 82.5 Å². The average Bonchev–Trinajstić information content (AvgIpc) is 2.90.